The Morgan fingerprint density at radius 1 is 1.53 bits per heavy atom. The van der Waals surface area contributed by atoms with E-state index in [9.17, 15) is 9.90 Å². The summed E-state index contributed by atoms with van der Waals surface area (Å²) in [7, 11) is 0. The molecule has 7 heteroatoms. The van der Waals surface area contributed by atoms with Crippen molar-refractivity contribution < 1.29 is 14.6 Å². The number of carbonyl (C=O) groups is 1. The van der Waals surface area contributed by atoms with Gasteiger partial charge in [0.1, 0.15) is 11.3 Å². The quantitative estimate of drug-likeness (QED) is 0.869. The van der Waals surface area contributed by atoms with E-state index >= 15 is 0 Å². The SMILES string of the molecule is CC(O)c1cn(C2CN(C(=O)OC(C)(C)C)C2)nn1. The molecule has 0 radical (unpaired) electrons. The summed E-state index contributed by atoms with van der Waals surface area (Å²) in [5.74, 6) is 0. The van der Waals surface area contributed by atoms with Crippen molar-refractivity contribution in [2.24, 2.45) is 0 Å². The summed E-state index contributed by atoms with van der Waals surface area (Å²) in [6.07, 6.45) is 0.775. The van der Waals surface area contributed by atoms with Gasteiger partial charge < -0.3 is 14.7 Å². The summed E-state index contributed by atoms with van der Waals surface area (Å²) in [5, 5.41) is 17.2. The van der Waals surface area contributed by atoms with Crippen LogP contribution in [-0.4, -0.2) is 49.8 Å². The first kappa shape index (κ1) is 13.8. The molecule has 0 bridgehead atoms. The molecule has 1 amide bonds. The van der Waals surface area contributed by atoms with Gasteiger partial charge in [-0.1, -0.05) is 5.21 Å². The van der Waals surface area contributed by atoms with Crippen LogP contribution in [0.4, 0.5) is 4.79 Å². The van der Waals surface area contributed by atoms with E-state index in [-0.39, 0.29) is 12.1 Å². The van der Waals surface area contributed by atoms with Crippen molar-refractivity contribution in [3.8, 4) is 0 Å². The van der Waals surface area contributed by atoms with E-state index in [1.54, 1.807) is 22.7 Å². The van der Waals surface area contributed by atoms with Crippen molar-refractivity contribution in [2.45, 2.75) is 45.4 Å². The van der Waals surface area contributed by atoms with Crippen LogP contribution in [0, 0.1) is 0 Å². The minimum atomic E-state index is -0.629. The van der Waals surface area contributed by atoms with Crippen LogP contribution in [0.1, 0.15) is 45.5 Å². The average Bonchev–Trinajstić information content (AvgIpc) is 2.61. The third-order valence-electron chi connectivity index (χ3n) is 2.84. The summed E-state index contributed by atoms with van der Waals surface area (Å²) in [6, 6.07) is 0.104. The van der Waals surface area contributed by atoms with Gasteiger partial charge in [0.25, 0.3) is 0 Å². The van der Waals surface area contributed by atoms with Gasteiger partial charge in [-0.25, -0.2) is 9.48 Å². The lowest BCUT2D eigenvalue weighted by Gasteiger charge is -2.39. The second-order valence-corrected chi connectivity index (χ2v) is 5.84. The van der Waals surface area contributed by atoms with Crippen LogP contribution in [0.15, 0.2) is 6.20 Å². The Morgan fingerprint density at radius 2 is 2.16 bits per heavy atom. The van der Waals surface area contributed by atoms with Crippen molar-refractivity contribution in [1.29, 1.82) is 0 Å². The fourth-order valence-electron chi connectivity index (χ4n) is 1.76. The highest BCUT2D eigenvalue weighted by Gasteiger charge is 2.35. The molecule has 0 saturated carbocycles. The van der Waals surface area contributed by atoms with Crippen LogP contribution in [-0.2, 0) is 4.74 Å². The van der Waals surface area contributed by atoms with Crippen molar-refractivity contribution >= 4 is 6.09 Å². The number of likely N-dealkylation sites (tertiary alicyclic amines) is 1. The predicted octanol–water partition coefficient (Wildman–Crippen LogP) is 1.12. The van der Waals surface area contributed by atoms with E-state index in [4.69, 9.17) is 4.74 Å². The maximum Gasteiger partial charge on any atom is 0.410 e. The first-order valence-corrected chi connectivity index (χ1v) is 6.34. The molecular weight excluding hydrogens is 248 g/mol. The van der Waals surface area contributed by atoms with E-state index in [1.807, 2.05) is 20.8 Å². The number of hydrogen-bond donors (Lipinski definition) is 1. The Balaban J connectivity index is 1.87. The number of hydrogen-bond acceptors (Lipinski definition) is 5. The molecule has 1 aliphatic heterocycles. The number of ether oxygens (including phenoxy) is 1. The lowest BCUT2D eigenvalue weighted by atomic mass is 10.1. The van der Waals surface area contributed by atoms with Crippen molar-refractivity contribution in [3.63, 3.8) is 0 Å². The number of aromatic nitrogens is 3. The van der Waals surface area contributed by atoms with Gasteiger partial charge in [-0.05, 0) is 27.7 Å². The molecule has 1 N–H and O–H groups in total. The molecule has 2 heterocycles. The zero-order valence-corrected chi connectivity index (χ0v) is 11.7. The van der Waals surface area contributed by atoms with Gasteiger partial charge in [0.05, 0.1) is 18.3 Å². The Hall–Kier alpha value is -1.63. The van der Waals surface area contributed by atoms with Crippen LogP contribution >= 0.6 is 0 Å². The molecule has 1 aromatic rings. The number of nitrogens with zero attached hydrogens (tertiary/aromatic N) is 4. The molecular formula is C12H20N4O3. The highest BCUT2D eigenvalue weighted by atomic mass is 16.6. The molecule has 0 spiro atoms. The van der Waals surface area contributed by atoms with Gasteiger partial charge in [0.2, 0.25) is 0 Å². The van der Waals surface area contributed by atoms with E-state index in [1.165, 1.54) is 0 Å². The molecule has 1 fully saturated rings. The second-order valence-electron chi connectivity index (χ2n) is 5.84. The number of amides is 1. The predicted molar refractivity (Wildman–Crippen MR) is 67.5 cm³/mol. The third kappa shape index (κ3) is 3.23. The molecule has 0 aliphatic carbocycles. The maximum atomic E-state index is 11.7. The van der Waals surface area contributed by atoms with Crippen molar-refractivity contribution in [3.05, 3.63) is 11.9 Å². The van der Waals surface area contributed by atoms with Gasteiger partial charge in [0, 0.05) is 13.1 Å². The number of aliphatic hydroxyl groups is 1. The fourth-order valence-corrected chi connectivity index (χ4v) is 1.76. The molecule has 1 aliphatic rings. The first-order valence-electron chi connectivity index (χ1n) is 6.34. The molecule has 106 valence electrons. The minimum absolute atomic E-state index is 0.104. The molecule has 1 unspecified atom stereocenters. The highest BCUT2D eigenvalue weighted by Crippen LogP contribution is 2.23. The lowest BCUT2D eigenvalue weighted by Crippen LogP contribution is -2.52. The number of rotatable bonds is 2. The van der Waals surface area contributed by atoms with Gasteiger partial charge in [-0.15, -0.1) is 5.10 Å². The standard InChI is InChI=1S/C12H20N4O3/c1-8(17)10-7-16(14-13-10)9-5-15(6-9)11(18)19-12(2,3)4/h7-9,17H,5-6H2,1-4H3. The topological polar surface area (TPSA) is 80.5 Å². The Labute approximate surface area is 112 Å². The normalized spacial score (nSPS) is 18.1. The number of aliphatic hydroxyl groups excluding tert-OH is 1. The Bertz CT molecular complexity index is 458. The molecule has 1 aromatic heterocycles. The van der Waals surface area contributed by atoms with Crippen molar-refractivity contribution in [1.82, 2.24) is 19.9 Å². The summed E-state index contributed by atoms with van der Waals surface area (Å²) in [4.78, 5) is 13.4. The summed E-state index contributed by atoms with van der Waals surface area (Å²) >= 11 is 0. The molecule has 7 nitrogen and oxygen atoms in total. The van der Waals surface area contributed by atoms with Crippen LogP contribution in [0.25, 0.3) is 0 Å². The van der Waals surface area contributed by atoms with Crippen LogP contribution in [0.2, 0.25) is 0 Å². The van der Waals surface area contributed by atoms with E-state index < -0.39 is 11.7 Å². The smallest absolute Gasteiger partial charge is 0.410 e. The zero-order valence-electron chi connectivity index (χ0n) is 11.7. The third-order valence-corrected chi connectivity index (χ3v) is 2.84. The summed E-state index contributed by atoms with van der Waals surface area (Å²) < 4.78 is 6.95. The minimum Gasteiger partial charge on any atom is -0.444 e. The zero-order chi connectivity index (χ0) is 14.2. The van der Waals surface area contributed by atoms with Gasteiger partial charge >= 0.3 is 6.09 Å². The van der Waals surface area contributed by atoms with Gasteiger partial charge in [-0.3, -0.25) is 0 Å². The van der Waals surface area contributed by atoms with Crippen molar-refractivity contribution in [2.75, 3.05) is 13.1 Å². The number of carbonyl (C=O) groups excluding carboxylic acids is 1. The largest absolute Gasteiger partial charge is 0.444 e. The summed E-state index contributed by atoms with van der Waals surface area (Å²) in [5.41, 5.74) is 0.0604. The molecule has 0 aromatic carbocycles. The Kier molecular flexibility index (Phi) is 3.49. The van der Waals surface area contributed by atoms with E-state index in [0.29, 0.717) is 18.8 Å². The monoisotopic (exact) mass is 268 g/mol. The average molecular weight is 268 g/mol. The van der Waals surface area contributed by atoms with Gasteiger partial charge in [-0.2, -0.15) is 0 Å². The Morgan fingerprint density at radius 3 is 2.63 bits per heavy atom. The molecule has 19 heavy (non-hydrogen) atoms. The van der Waals surface area contributed by atoms with Gasteiger partial charge in [0.15, 0.2) is 0 Å². The molecule has 1 atom stereocenters. The van der Waals surface area contributed by atoms with Crippen LogP contribution in [0.5, 0.6) is 0 Å². The van der Waals surface area contributed by atoms with E-state index in [2.05, 4.69) is 10.3 Å². The van der Waals surface area contributed by atoms with Crippen LogP contribution < -0.4 is 0 Å². The highest BCUT2D eigenvalue weighted by molar-refractivity contribution is 5.69. The maximum absolute atomic E-state index is 11.7. The lowest BCUT2D eigenvalue weighted by molar-refractivity contribution is -0.000631. The second kappa shape index (κ2) is 4.80. The fraction of sp³-hybridized carbons (Fsp3) is 0.750. The van der Waals surface area contributed by atoms with Crippen LogP contribution in [0.3, 0.4) is 0 Å². The molecule has 2 rings (SSSR count). The van der Waals surface area contributed by atoms with E-state index in [0.717, 1.165) is 0 Å². The molecule has 1 saturated heterocycles. The first-order chi connectivity index (χ1) is 8.76. The summed E-state index contributed by atoms with van der Waals surface area (Å²) in [6.45, 7) is 8.27.